The van der Waals surface area contributed by atoms with Crippen LogP contribution in [0, 0.1) is 11.3 Å². The molecule has 1 saturated heterocycles. The fourth-order valence-electron chi connectivity index (χ4n) is 3.03. The summed E-state index contributed by atoms with van der Waals surface area (Å²) >= 11 is 0. The third kappa shape index (κ3) is 11.4. The highest BCUT2D eigenvalue weighted by Crippen LogP contribution is 2.22. The summed E-state index contributed by atoms with van der Waals surface area (Å²) in [5.41, 5.74) is 0.305. The zero-order chi connectivity index (χ0) is 18.4. The Hall–Kier alpha value is -0.810. The minimum absolute atomic E-state index is 0.305. The van der Waals surface area contributed by atoms with Gasteiger partial charge in [-0.05, 0) is 37.0 Å². The molecule has 1 fully saturated rings. The molecular weight excluding hydrogens is 314 g/mol. The van der Waals surface area contributed by atoms with E-state index in [-0.39, 0.29) is 0 Å². The molecule has 2 N–H and O–H groups in total. The van der Waals surface area contributed by atoms with Crippen LogP contribution >= 0.6 is 0 Å². The van der Waals surface area contributed by atoms with Crippen molar-refractivity contribution in [1.82, 2.24) is 10.6 Å². The SMILES string of the molecule is CCCCCC(C)(C)CNC(=NC)NCCCOCC1CCOCC1. The van der Waals surface area contributed by atoms with Crippen molar-refractivity contribution in [3.63, 3.8) is 0 Å². The van der Waals surface area contributed by atoms with Gasteiger partial charge in [0.15, 0.2) is 5.96 Å². The first-order chi connectivity index (χ1) is 12.1. The number of hydrogen-bond acceptors (Lipinski definition) is 3. The normalized spacial score (nSPS) is 16.9. The monoisotopic (exact) mass is 355 g/mol. The lowest BCUT2D eigenvalue weighted by molar-refractivity contribution is 0.0203. The number of guanidine groups is 1. The second-order valence-corrected chi connectivity index (χ2v) is 7.96. The molecule has 25 heavy (non-hydrogen) atoms. The van der Waals surface area contributed by atoms with Crippen LogP contribution in [-0.2, 0) is 9.47 Å². The topological polar surface area (TPSA) is 54.9 Å². The number of rotatable bonds is 12. The van der Waals surface area contributed by atoms with E-state index in [0.29, 0.717) is 11.3 Å². The van der Waals surface area contributed by atoms with Crippen molar-refractivity contribution >= 4 is 5.96 Å². The lowest BCUT2D eigenvalue weighted by Gasteiger charge is -2.26. The highest BCUT2D eigenvalue weighted by Gasteiger charge is 2.17. The molecule has 1 rings (SSSR count). The van der Waals surface area contributed by atoms with Gasteiger partial charge in [0.25, 0.3) is 0 Å². The minimum Gasteiger partial charge on any atom is -0.381 e. The Morgan fingerprint density at radius 3 is 2.60 bits per heavy atom. The van der Waals surface area contributed by atoms with Crippen molar-refractivity contribution in [2.75, 3.05) is 46.6 Å². The zero-order valence-electron chi connectivity index (χ0n) is 17.0. The van der Waals surface area contributed by atoms with E-state index in [9.17, 15) is 0 Å². The molecule has 0 spiro atoms. The molecule has 0 aromatic rings. The Labute approximate surface area is 155 Å². The maximum atomic E-state index is 5.80. The first-order valence-electron chi connectivity index (χ1n) is 10.2. The van der Waals surface area contributed by atoms with E-state index < -0.39 is 0 Å². The van der Waals surface area contributed by atoms with Gasteiger partial charge in [0, 0.05) is 46.6 Å². The van der Waals surface area contributed by atoms with E-state index in [1.165, 1.54) is 25.7 Å². The molecule has 0 bridgehead atoms. The molecule has 148 valence electrons. The molecule has 5 nitrogen and oxygen atoms in total. The van der Waals surface area contributed by atoms with Crippen molar-refractivity contribution in [2.45, 2.75) is 65.7 Å². The van der Waals surface area contributed by atoms with E-state index in [1.54, 1.807) is 0 Å². The third-order valence-corrected chi connectivity index (χ3v) is 4.87. The average molecular weight is 356 g/mol. The fourth-order valence-corrected chi connectivity index (χ4v) is 3.03. The van der Waals surface area contributed by atoms with Gasteiger partial charge in [0.1, 0.15) is 0 Å². The summed E-state index contributed by atoms with van der Waals surface area (Å²) in [5.74, 6) is 1.58. The Balaban J connectivity index is 2.05. The summed E-state index contributed by atoms with van der Waals surface area (Å²) in [6, 6.07) is 0. The van der Waals surface area contributed by atoms with Gasteiger partial charge in [-0.1, -0.05) is 40.0 Å². The second kappa shape index (κ2) is 13.4. The Morgan fingerprint density at radius 2 is 1.92 bits per heavy atom. The summed E-state index contributed by atoms with van der Waals surface area (Å²) in [4.78, 5) is 4.32. The van der Waals surface area contributed by atoms with E-state index in [2.05, 4.69) is 36.4 Å². The van der Waals surface area contributed by atoms with E-state index in [0.717, 1.165) is 64.7 Å². The van der Waals surface area contributed by atoms with Gasteiger partial charge >= 0.3 is 0 Å². The molecule has 0 radical (unpaired) electrons. The number of aliphatic imine (C=N–C) groups is 1. The fraction of sp³-hybridized carbons (Fsp3) is 0.950. The molecule has 0 saturated carbocycles. The Kier molecular flexibility index (Phi) is 11.9. The van der Waals surface area contributed by atoms with Crippen LogP contribution in [-0.4, -0.2) is 52.5 Å². The Morgan fingerprint density at radius 1 is 1.16 bits per heavy atom. The van der Waals surface area contributed by atoms with Gasteiger partial charge in [-0.2, -0.15) is 0 Å². The average Bonchev–Trinajstić information content (AvgIpc) is 2.61. The van der Waals surface area contributed by atoms with Crippen LogP contribution in [0.1, 0.15) is 65.7 Å². The van der Waals surface area contributed by atoms with Crippen molar-refractivity contribution in [3.8, 4) is 0 Å². The smallest absolute Gasteiger partial charge is 0.190 e. The summed E-state index contributed by atoms with van der Waals surface area (Å²) < 4.78 is 11.2. The first-order valence-corrected chi connectivity index (χ1v) is 10.2. The maximum Gasteiger partial charge on any atom is 0.190 e. The zero-order valence-corrected chi connectivity index (χ0v) is 17.0. The van der Waals surface area contributed by atoms with Crippen molar-refractivity contribution in [3.05, 3.63) is 0 Å². The molecule has 0 aliphatic carbocycles. The van der Waals surface area contributed by atoms with E-state index in [4.69, 9.17) is 9.47 Å². The van der Waals surface area contributed by atoms with Crippen molar-refractivity contribution in [2.24, 2.45) is 16.3 Å². The van der Waals surface area contributed by atoms with Gasteiger partial charge in [-0.15, -0.1) is 0 Å². The molecule has 0 unspecified atom stereocenters. The number of nitrogens with one attached hydrogen (secondary N) is 2. The van der Waals surface area contributed by atoms with Crippen LogP contribution in [0.2, 0.25) is 0 Å². The van der Waals surface area contributed by atoms with Gasteiger partial charge in [0.05, 0.1) is 0 Å². The van der Waals surface area contributed by atoms with E-state index >= 15 is 0 Å². The largest absolute Gasteiger partial charge is 0.381 e. The maximum absolute atomic E-state index is 5.80. The van der Waals surface area contributed by atoms with Crippen LogP contribution in [0.5, 0.6) is 0 Å². The van der Waals surface area contributed by atoms with Gasteiger partial charge in [-0.25, -0.2) is 0 Å². The molecule has 0 amide bonds. The first kappa shape index (κ1) is 22.2. The van der Waals surface area contributed by atoms with Crippen LogP contribution in [0.15, 0.2) is 4.99 Å². The third-order valence-electron chi connectivity index (χ3n) is 4.87. The highest BCUT2D eigenvalue weighted by atomic mass is 16.5. The summed E-state index contributed by atoms with van der Waals surface area (Å²) in [6.07, 6.45) is 8.45. The lowest BCUT2D eigenvalue weighted by Crippen LogP contribution is -2.42. The standard InChI is InChI=1S/C20H41N3O2/c1-5-6-7-11-20(2,3)17-23-19(21-4)22-12-8-13-25-16-18-9-14-24-15-10-18/h18H,5-17H2,1-4H3,(H2,21,22,23). The summed E-state index contributed by atoms with van der Waals surface area (Å²) in [6.45, 7) is 12.2. The number of unbranched alkanes of at least 4 members (excludes halogenated alkanes) is 2. The van der Waals surface area contributed by atoms with Crippen LogP contribution < -0.4 is 10.6 Å². The second-order valence-electron chi connectivity index (χ2n) is 7.96. The number of ether oxygens (including phenoxy) is 2. The van der Waals surface area contributed by atoms with Crippen molar-refractivity contribution < 1.29 is 9.47 Å². The lowest BCUT2D eigenvalue weighted by atomic mass is 9.87. The van der Waals surface area contributed by atoms with Crippen LogP contribution in [0.4, 0.5) is 0 Å². The molecule has 1 heterocycles. The Bertz CT molecular complexity index is 353. The van der Waals surface area contributed by atoms with Gasteiger partial charge < -0.3 is 20.1 Å². The summed E-state index contributed by atoms with van der Waals surface area (Å²) in [5, 5.41) is 6.85. The predicted octanol–water partition coefficient (Wildman–Crippen LogP) is 3.59. The molecule has 5 heteroatoms. The number of nitrogens with zero attached hydrogens (tertiary/aromatic N) is 1. The molecule has 0 atom stereocenters. The minimum atomic E-state index is 0.305. The van der Waals surface area contributed by atoms with Crippen LogP contribution in [0.3, 0.4) is 0 Å². The number of hydrogen-bond donors (Lipinski definition) is 2. The van der Waals surface area contributed by atoms with Gasteiger partial charge in [-0.3, -0.25) is 4.99 Å². The van der Waals surface area contributed by atoms with E-state index in [1.807, 2.05) is 7.05 Å². The molecule has 1 aliphatic heterocycles. The quantitative estimate of drug-likeness (QED) is 0.319. The van der Waals surface area contributed by atoms with Crippen LogP contribution in [0.25, 0.3) is 0 Å². The molecule has 1 aliphatic rings. The van der Waals surface area contributed by atoms with Crippen molar-refractivity contribution in [1.29, 1.82) is 0 Å². The highest BCUT2D eigenvalue weighted by molar-refractivity contribution is 5.79. The molecular formula is C20H41N3O2. The molecule has 0 aromatic carbocycles. The van der Waals surface area contributed by atoms with Gasteiger partial charge in [0.2, 0.25) is 0 Å². The predicted molar refractivity (Wildman–Crippen MR) is 106 cm³/mol. The molecule has 0 aromatic heterocycles. The summed E-state index contributed by atoms with van der Waals surface area (Å²) in [7, 11) is 1.83.